The summed E-state index contributed by atoms with van der Waals surface area (Å²) in [6.07, 6.45) is 3.70. The van der Waals surface area contributed by atoms with Crippen LogP contribution in [0.25, 0.3) is 0 Å². The number of nitrogens with one attached hydrogen (secondary N) is 2. The van der Waals surface area contributed by atoms with Gasteiger partial charge in [0.25, 0.3) is 0 Å². The van der Waals surface area contributed by atoms with Gasteiger partial charge in [-0.05, 0) is 13.3 Å². The molecular formula is C12H20N4O3. The van der Waals surface area contributed by atoms with Crippen molar-refractivity contribution in [3.8, 4) is 0 Å². The Morgan fingerprint density at radius 2 is 2.32 bits per heavy atom. The third-order valence-corrected chi connectivity index (χ3v) is 3.36. The van der Waals surface area contributed by atoms with Crippen LogP contribution in [0.1, 0.15) is 26.0 Å². The highest BCUT2D eigenvalue weighted by molar-refractivity contribution is 5.87. The number of carbonyl (C=O) groups is 2. The molecule has 0 aliphatic rings. The van der Waals surface area contributed by atoms with Crippen molar-refractivity contribution in [2.24, 2.45) is 11.1 Å². The summed E-state index contributed by atoms with van der Waals surface area (Å²) in [4.78, 5) is 29.9. The van der Waals surface area contributed by atoms with Crippen molar-refractivity contribution >= 4 is 11.9 Å². The van der Waals surface area contributed by atoms with Crippen LogP contribution in [0.5, 0.6) is 0 Å². The maximum absolute atomic E-state index is 12.1. The zero-order chi connectivity index (χ0) is 14.5. The van der Waals surface area contributed by atoms with Crippen molar-refractivity contribution in [2.45, 2.75) is 32.7 Å². The molecule has 1 heterocycles. The van der Waals surface area contributed by atoms with E-state index in [1.54, 1.807) is 6.92 Å². The first-order chi connectivity index (χ1) is 8.92. The minimum absolute atomic E-state index is 0.158. The van der Waals surface area contributed by atoms with Gasteiger partial charge in [0.1, 0.15) is 6.04 Å². The molecule has 0 radical (unpaired) electrons. The summed E-state index contributed by atoms with van der Waals surface area (Å²) in [5, 5.41) is 11.7. The summed E-state index contributed by atoms with van der Waals surface area (Å²) in [5.41, 5.74) is 5.49. The second kappa shape index (κ2) is 6.33. The summed E-state index contributed by atoms with van der Waals surface area (Å²) < 4.78 is 0. The van der Waals surface area contributed by atoms with E-state index in [2.05, 4.69) is 15.3 Å². The van der Waals surface area contributed by atoms with E-state index in [-0.39, 0.29) is 18.9 Å². The Labute approximate surface area is 111 Å². The Morgan fingerprint density at radius 1 is 1.63 bits per heavy atom. The maximum atomic E-state index is 12.1. The predicted octanol–water partition coefficient (Wildman–Crippen LogP) is -0.103. The summed E-state index contributed by atoms with van der Waals surface area (Å²) in [7, 11) is 0. The number of rotatable bonds is 7. The van der Waals surface area contributed by atoms with Crippen molar-refractivity contribution < 1.29 is 14.7 Å². The van der Waals surface area contributed by atoms with E-state index >= 15 is 0 Å². The average Bonchev–Trinajstić information content (AvgIpc) is 2.89. The minimum atomic E-state index is -1.08. The zero-order valence-electron chi connectivity index (χ0n) is 11.1. The Hall–Kier alpha value is -1.89. The molecule has 1 aromatic heterocycles. The molecule has 0 aliphatic heterocycles. The van der Waals surface area contributed by atoms with Gasteiger partial charge < -0.3 is 21.1 Å². The van der Waals surface area contributed by atoms with Gasteiger partial charge in [-0.2, -0.15) is 0 Å². The molecule has 0 bridgehead atoms. The number of aliphatic carboxylic acids is 1. The van der Waals surface area contributed by atoms with Gasteiger partial charge in [0.15, 0.2) is 0 Å². The van der Waals surface area contributed by atoms with Crippen molar-refractivity contribution in [3.05, 3.63) is 18.2 Å². The number of carboxylic acids is 1. The number of aromatic nitrogens is 2. The van der Waals surface area contributed by atoms with Crippen molar-refractivity contribution in [3.63, 3.8) is 0 Å². The van der Waals surface area contributed by atoms with E-state index < -0.39 is 17.4 Å². The maximum Gasteiger partial charge on any atom is 0.326 e. The number of carbonyl (C=O) groups excluding carboxylic acids is 1. The number of nitrogens with two attached hydrogens (primary N) is 1. The molecule has 0 aliphatic carbocycles. The topological polar surface area (TPSA) is 121 Å². The van der Waals surface area contributed by atoms with Gasteiger partial charge >= 0.3 is 5.97 Å². The molecule has 0 saturated carbocycles. The van der Waals surface area contributed by atoms with Crippen LogP contribution in [-0.2, 0) is 16.0 Å². The summed E-state index contributed by atoms with van der Waals surface area (Å²) in [5.74, 6) is -1.43. The molecule has 7 heteroatoms. The minimum Gasteiger partial charge on any atom is -0.480 e. The van der Waals surface area contributed by atoms with Gasteiger partial charge in [-0.3, -0.25) is 4.79 Å². The first-order valence-corrected chi connectivity index (χ1v) is 6.14. The first kappa shape index (κ1) is 15.2. The average molecular weight is 268 g/mol. The van der Waals surface area contributed by atoms with Crippen LogP contribution < -0.4 is 11.1 Å². The lowest BCUT2D eigenvalue weighted by molar-refractivity contribution is -0.143. The Morgan fingerprint density at radius 3 is 2.74 bits per heavy atom. The second-order valence-electron chi connectivity index (χ2n) is 4.76. The van der Waals surface area contributed by atoms with Crippen LogP contribution in [0.3, 0.4) is 0 Å². The highest BCUT2D eigenvalue weighted by Gasteiger charge is 2.33. The monoisotopic (exact) mass is 268 g/mol. The second-order valence-corrected chi connectivity index (χ2v) is 4.76. The highest BCUT2D eigenvalue weighted by Crippen LogP contribution is 2.19. The van der Waals surface area contributed by atoms with Crippen LogP contribution >= 0.6 is 0 Å². The molecule has 0 aromatic carbocycles. The number of aromatic amines is 1. The van der Waals surface area contributed by atoms with Crippen LogP contribution in [0.15, 0.2) is 12.5 Å². The third kappa shape index (κ3) is 3.78. The highest BCUT2D eigenvalue weighted by atomic mass is 16.4. The summed E-state index contributed by atoms with van der Waals surface area (Å²) in [6.45, 7) is 3.74. The third-order valence-electron chi connectivity index (χ3n) is 3.36. The van der Waals surface area contributed by atoms with E-state index in [1.165, 1.54) is 12.5 Å². The molecule has 2 atom stereocenters. The van der Waals surface area contributed by atoms with Crippen LogP contribution in [-0.4, -0.2) is 39.5 Å². The summed E-state index contributed by atoms with van der Waals surface area (Å²) in [6, 6.07) is -0.995. The number of imidazole rings is 1. The molecule has 1 amide bonds. The Bertz CT molecular complexity index is 426. The van der Waals surface area contributed by atoms with Gasteiger partial charge in [0.2, 0.25) is 5.91 Å². The van der Waals surface area contributed by atoms with Gasteiger partial charge in [-0.15, -0.1) is 0 Å². The largest absolute Gasteiger partial charge is 0.480 e. The molecule has 106 valence electrons. The quantitative estimate of drug-likeness (QED) is 0.550. The van der Waals surface area contributed by atoms with Gasteiger partial charge in [-0.25, -0.2) is 9.78 Å². The summed E-state index contributed by atoms with van der Waals surface area (Å²) >= 11 is 0. The zero-order valence-corrected chi connectivity index (χ0v) is 11.1. The molecule has 0 spiro atoms. The number of H-pyrrole nitrogens is 1. The van der Waals surface area contributed by atoms with E-state index in [1.807, 2.05) is 6.92 Å². The molecular weight excluding hydrogens is 248 g/mol. The molecule has 7 nitrogen and oxygen atoms in total. The molecule has 1 rings (SSSR count). The molecule has 1 unspecified atom stereocenters. The van der Waals surface area contributed by atoms with Crippen molar-refractivity contribution in [1.29, 1.82) is 0 Å². The van der Waals surface area contributed by atoms with Crippen LogP contribution in [0, 0.1) is 5.41 Å². The fourth-order valence-electron chi connectivity index (χ4n) is 1.55. The van der Waals surface area contributed by atoms with E-state index in [9.17, 15) is 9.59 Å². The Balaban J connectivity index is 2.74. The van der Waals surface area contributed by atoms with Crippen molar-refractivity contribution in [2.75, 3.05) is 6.54 Å². The normalized spacial score (nSPS) is 15.5. The van der Waals surface area contributed by atoms with E-state index in [0.717, 1.165) is 0 Å². The van der Waals surface area contributed by atoms with Gasteiger partial charge in [0, 0.05) is 24.9 Å². The van der Waals surface area contributed by atoms with E-state index in [0.29, 0.717) is 12.1 Å². The lowest BCUT2D eigenvalue weighted by Crippen LogP contribution is -2.50. The number of hydrogen-bond donors (Lipinski definition) is 4. The number of nitrogens with zero attached hydrogens (tertiary/aromatic N) is 1. The standard InChI is InChI=1S/C12H20N4O3/c1-3-12(2,6-13)11(19)16-9(10(17)18)4-8-5-14-7-15-8/h5,7,9H,3-4,6,13H2,1-2H3,(H,14,15)(H,16,19)(H,17,18)/t9-,12?/m0/s1. The SMILES string of the molecule is CCC(C)(CN)C(=O)N[C@@H](Cc1cnc[nH]1)C(=O)O. The number of amides is 1. The van der Waals surface area contributed by atoms with Crippen molar-refractivity contribution in [1.82, 2.24) is 15.3 Å². The van der Waals surface area contributed by atoms with Crippen LogP contribution in [0.2, 0.25) is 0 Å². The number of carboxylic acid groups (broad SMARTS) is 1. The predicted molar refractivity (Wildman–Crippen MR) is 69.3 cm³/mol. The van der Waals surface area contributed by atoms with Crippen LogP contribution in [0.4, 0.5) is 0 Å². The van der Waals surface area contributed by atoms with Gasteiger partial charge in [0.05, 0.1) is 11.7 Å². The molecule has 0 saturated heterocycles. The molecule has 0 fully saturated rings. The lowest BCUT2D eigenvalue weighted by Gasteiger charge is -2.27. The number of hydrogen-bond acceptors (Lipinski definition) is 4. The van der Waals surface area contributed by atoms with Gasteiger partial charge in [-0.1, -0.05) is 6.92 Å². The molecule has 19 heavy (non-hydrogen) atoms. The smallest absolute Gasteiger partial charge is 0.326 e. The fraction of sp³-hybridized carbons (Fsp3) is 0.583. The van der Waals surface area contributed by atoms with E-state index in [4.69, 9.17) is 10.8 Å². The molecule has 1 aromatic rings. The first-order valence-electron chi connectivity index (χ1n) is 6.14. The fourth-order valence-corrected chi connectivity index (χ4v) is 1.55. The molecule has 5 N–H and O–H groups in total. The Kier molecular flexibility index (Phi) is 5.05. The lowest BCUT2D eigenvalue weighted by atomic mass is 9.86.